The minimum absolute atomic E-state index is 0.0267. The molecule has 29 heavy (non-hydrogen) atoms. The number of nitrogens with zero attached hydrogens (tertiary/aromatic N) is 1. The van der Waals surface area contributed by atoms with Gasteiger partial charge in [0.25, 0.3) is 0 Å². The van der Waals surface area contributed by atoms with E-state index in [2.05, 4.69) is 10.2 Å². The van der Waals surface area contributed by atoms with Gasteiger partial charge in [-0.2, -0.15) is 0 Å². The number of carbonyl (C=O) groups is 1. The first-order valence-corrected chi connectivity index (χ1v) is 10.3. The summed E-state index contributed by atoms with van der Waals surface area (Å²) >= 11 is 0. The van der Waals surface area contributed by atoms with Crippen molar-refractivity contribution in [1.82, 2.24) is 10.2 Å². The SMILES string of the molecule is CC(=O)NC1CO[C@H]2CN(CCCC3(c4ccc(F)cc4)OCCO3)C[C@@H]2OC1. The molecular weight excluding hydrogens is 379 g/mol. The van der Waals surface area contributed by atoms with Crippen LogP contribution in [0.1, 0.15) is 25.3 Å². The number of nitrogens with one attached hydrogen (secondary N) is 1. The number of likely N-dealkylation sites (tertiary alicyclic amines) is 1. The number of amides is 1. The van der Waals surface area contributed by atoms with Crippen LogP contribution in [0.5, 0.6) is 0 Å². The van der Waals surface area contributed by atoms with Gasteiger partial charge in [0.15, 0.2) is 5.79 Å². The minimum Gasteiger partial charge on any atom is -0.372 e. The molecule has 0 aromatic heterocycles. The highest BCUT2D eigenvalue weighted by atomic mass is 19.1. The largest absolute Gasteiger partial charge is 0.372 e. The number of rotatable bonds is 6. The molecule has 3 heterocycles. The number of ether oxygens (including phenoxy) is 4. The van der Waals surface area contributed by atoms with Crippen molar-refractivity contribution in [1.29, 1.82) is 0 Å². The summed E-state index contributed by atoms with van der Waals surface area (Å²) in [5, 5.41) is 2.86. The van der Waals surface area contributed by atoms with E-state index < -0.39 is 5.79 Å². The Hall–Kier alpha value is -1.58. The summed E-state index contributed by atoms with van der Waals surface area (Å²) < 4.78 is 37.1. The summed E-state index contributed by atoms with van der Waals surface area (Å²) in [4.78, 5) is 13.6. The van der Waals surface area contributed by atoms with Crippen LogP contribution < -0.4 is 5.32 Å². The Bertz CT molecular complexity index is 679. The molecule has 160 valence electrons. The Balaban J connectivity index is 1.27. The van der Waals surface area contributed by atoms with E-state index in [0.29, 0.717) is 32.8 Å². The Morgan fingerprint density at radius 3 is 2.34 bits per heavy atom. The average Bonchev–Trinajstić information content (AvgIpc) is 3.28. The van der Waals surface area contributed by atoms with E-state index in [1.807, 2.05) is 0 Å². The first-order chi connectivity index (χ1) is 14.0. The molecule has 1 N–H and O–H groups in total. The third-order valence-corrected chi connectivity index (χ3v) is 5.74. The molecule has 0 radical (unpaired) electrons. The quantitative estimate of drug-likeness (QED) is 0.768. The molecule has 4 rings (SSSR count). The summed E-state index contributed by atoms with van der Waals surface area (Å²) in [7, 11) is 0. The summed E-state index contributed by atoms with van der Waals surface area (Å²) in [5.74, 6) is -1.11. The van der Waals surface area contributed by atoms with Crippen molar-refractivity contribution in [3.05, 3.63) is 35.6 Å². The normalized spacial score (nSPS) is 27.5. The Labute approximate surface area is 170 Å². The second-order valence-corrected chi connectivity index (χ2v) is 7.96. The predicted octanol–water partition coefficient (Wildman–Crippen LogP) is 1.41. The van der Waals surface area contributed by atoms with Crippen LogP contribution in [0, 0.1) is 5.82 Å². The van der Waals surface area contributed by atoms with Gasteiger partial charge < -0.3 is 24.3 Å². The zero-order chi connectivity index (χ0) is 20.3. The molecule has 8 heteroatoms. The number of benzene rings is 1. The maximum atomic E-state index is 13.3. The third-order valence-electron chi connectivity index (χ3n) is 5.74. The Morgan fingerprint density at radius 1 is 1.14 bits per heavy atom. The molecule has 7 nitrogen and oxygen atoms in total. The highest BCUT2D eigenvalue weighted by Crippen LogP contribution is 2.36. The summed E-state index contributed by atoms with van der Waals surface area (Å²) in [6.07, 6.45) is 1.64. The van der Waals surface area contributed by atoms with Crippen LogP contribution in [-0.4, -0.2) is 75.1 Å². The lowest BCUT2D eigenvalue weighted by atomic mass is 10.0. The molecule has 3 aliphatic heterocycles. The number of fused-ring (bicyclic) bond motifs is 1. The second-order valence-electron chi connectivity index (χ2n) is 7.96. The lowest BCUT2D eigenvalue weighted by Crippen LogP contribution is -2.40. The number of halogens is 1. The first kappa shape index (κ1) is 20.7. The van der Waals surface area contributed by atoms with Crippen LogP contribution in [0.3, 0.4) is 0 Å². The second kappa shape index (κ2) is 9.06. The van der Waals surface area contributed by atoms with E-state index in [-0.39, 0.29) is 30.0 Å². The summed E-state index contributed by atoms with van der Waals surface area (Å²) in [5.41, 5.74) is 0.860. The van der Waals surface area contributed by atoms with Gasteiger partial charge >= 0.3 is 0 Å². The summed E-state index contributed by atoms with van der Waals surface area (Å²) in [6.45, 7) is 6.04. The molecule has 0 bridgehead atoms. The molecular formula is C21H29FN2O5. The van der Waals surface area contributed by atoms with Crippen LogP contribution in [0.4, 0.5) is 4.39 Å². The van der Waals surface area contributed by atoms with Gasteiger partial charge in [-0.05, 0) is 25.1 Å². The molecule has 3 fully saturated rings. The molecule has 3 saturated heterocycles. The zero-order valence-electron chi connectivity index (χ0n) is 16.8. The molecule has 3 aliphatic rings. The molecule has 0 unspecified atom stereocenters. The zero-order valence-corrected chi connectivity index (χ0v) is 16.8. The number of hydrogen-bond acceptors (Lipinski definition) is 6. The van der Waals surface area contributed by atoms with Crippen LogP contribution in [0.25, 0.3) is 0 Å². The van der Waals surface area contributed by atoms with E-state index >= 15 is 0 Å². The van der Waals surface area contributed by atoms with Gasteiger partial charge in [-0.15, -0.1) is 0 Å². The van der Waals surface area contributed by atoms with Crippen molar-refractivity contribution >= 4 is 5.91 Å². The molecule has 1 aromatic rings. The van der Waals surface area contributed by atoms with Crippen molar-refractivity contribution in [3.8, 4) is 0 Å². The van der Waals surface area contributed by atoms with Gasteiger partial charge in [0.1, 0.15) is 5.82 Å². The van der Waals surface area contributed by atoms with E-state index in [1.165, 1.54) is 19.1 Å². The van der Waals surface area contributed by atoms with Gasteiger partial charge in [-0.1, -0.05) is 12.1 Å². The van der Waals surface area contributed by atoms with Crippen LogP contribution >= 0.6 is 0 Å². The highest BCUT2D eigenvalue weighted by Gasteiger charge is 2.40. The Kier molecular flexibility index (Phi) is 6.46. The lowest BCUT2D eigenvalue weighted by Gasteiger charge is -2.29. The molecule has 0 saturated carbocycles. The van der Waals surface area contributed by atoms with Gasteiger partial charge in [-0.25, -0.2) is 4.39 Å². The Morgan fingerprint density at radius 2 is 1.76 bits per heavy atom. The number of carbonyl (C=O) groups excluding carboxylic acids is 1. The van der Waals surface area contributed by atoms with Crippen molar-refractivity contribution in [3.63, 3.8) is 0 Å². The molecule has 1 amide bonds. The fourth-order valence-electron chi connectivity index (χ4n) is 4.37. The molecule has 2 atom stereocenters. The van der Waals surface area contributed by atoms with Crippen molar-refractivity contribution in [2.75, 3.05) is 46.1 Å². The number of hydrogen-bond donors (Lipinski definition) is 1. The van der Waals surface area contributed by atoms with Crippen molar-refractivity contribution in [2.24, 2.45) is 0 Å². The highest BCUT2D eigenvalue weighted by molar-refractivity contribution is 5.73. The summed E-state index contributed by atoms with van der Waals surface area (Å²) in [6, 6.07) is 6.28. The van der Waals surface area contributed by atoms with E-state index in [9.17, 15) is 9.18 Å². The first-order valence-electron chi connectivity index (χ1n) is 10.3. The third kappa shape index (κ3) is 4.95. The van der Waals surface area contributed by atoms with Crippen LogP contribution in [-0.2, 0) is 29.5 Å². The van der Waals surface area contributed by atoms with Gasteiger partial charge in [0.05, 0.1) is 44.7 Å². The van der Waals surface area contributed by atoms with Crippen molar-refractivity contribution < 1.29 is 28.1 Å². The fourth-order valence-corrected chi connectivity index (χ4v) is 4.37. The van der Waals surface area contributed by atoms with Crippen LogP contribution in [0.2, 0.25) is 0 Å². The standard InChI is InChI=1S/C21H29FN2O5/c1-15(25)23-18-13-26-19-11-24(12-20(19)27-14-18)8-2-7-21(28-9-10-29-21)16-3-5-17(22)6-4-16/h3-6,18-20H,2,7-14H2,1H3,(H,23,25)/t19-,20-/m0/s1. The molecule has 1 aromatic carbocycles. The minimum atomic E-state index is -0.782. The topological polar surface area (TPSA) is 69.3 Å². The van der Waals surface area contributed by atoms with Crippen LogP contribution in [0.15, 0.2) is 24.3 Å². The van der Waals surface area contributed by atoms with E-state index in [0.717, 1.165) is 31.6 Å². The predicted molar refractivity (Wildman–Crippen MR) is 103 cm³/mol. The smallest absolute Gasteiger partial charge is 0.217 e. The average molecular weight is 408 g/mol. The fraction of sp³-hybridized carbons (Fsp3) is 0.667. The van der Waals surface area contributed by atoms with Gasteiger partial charge in [0.2, 0.25) is 5.91 Å². The maximum Gasteiger partial charge on any atom is 0.217 e. The van der Waals surface area contributed by atoms with Gasteiger partial charge in [-0.3, -0.25) is 9.69 Å². The van der Waals surface area contributed by atoms with E-state index in [4.69, 9.17) is 18.9 Å². The van der Waals surface area contributed by atoms with Gasteiger partial charge in [0, 0.05) is 32.0 Å². The maximum absolute atomic E-state index is 13.3. The van der Waals surface area contributed by atoms with E-state index in [1.54, 1.807) is 12.1 Å². The monoisotopic (exact) mass is 408 g/mol. The molecule has 0 aliphatic carbocycles. The lowest BCUT2D eigenvalue weighted by molar-refractivity contribution is -0.172. The molecule has 0 spiro atoms. The van der Waals surface area contributed by atoms with Crippen molar-refractivity contribution in [2.45, 2.75) is 43.8 Å².